The Bertz CT molecular complexity index is 478. The highest BCUT2D eigenvalue weighted by molar-refractivity contribution is 5.85. The van der Waals surface area contributed by atoms with Crippen molar-refractivity contribution < 1.29 is 4.79 Å². The second-order valence-electron chi connectivity index (χ2n) is 5.89. The third kappa shape index (κ3) is 2.98. The highest BCUT2D eigenvalue weighted by Gasteiger charge is 2.49. The molecule has 0 unspecified atom stereocenters. The van der Waals surface area contributed by atoms with Crippen LogP contribution in [-0.2, 0) is 11.2 Å². The molecule has 1 aromatic carbocycles. The fraction of sp³-hybridized carbons (Fsp3) is 0.562. The van der Waals surface area contributed by atoms with Crippen LogP contribution >= 0.6 is 0 Å². The van der Waals surface area contributed by atoms with Crippen molar-refractivity contribution in [1.29, 1.82) is 0 Å². The summed E-state index contributed by atoms with van der Waals surface area (Å²) < 4.78 is 0. The molecule has 0 bridgehead atoms. The van der Waals surface area contributed by atoms with Gasteiger partial charge in [0.1, 0.15) is 0 Å². The minimum atomic E-state index is -0.226. The van der Waals surface area contributed by atoms with Crippen molar-refractivity contribution in [3.8, 4) is 0 Å². The van der Waals surface area contributed by atoms with Gasteiger partial charge in [-0.3, -0.25) is 4.79 Å². The quantitative estimate of drug-likeness (QED) is 0.880. The van der Waals surface area contributed by atoms with Gasteiger partial charge < -0.3 is 10.6 Å². The Balaban J connectivity index is 1.95. The van der Waals surface area contributed by atoms with Crippen LogP contribution in [0.1, 0.15) is 29.5 Å². The summed E-state index contributed by atoms with van der Waals surface area (Å²) in [5.41, 5.74) is 9.39. The fourth-order valence-electron chi connectivity index (χ4n) is 2.52. The van der Waals surface area contributed by atoms with Crippen LogP contribution in [0.5, 0.6) is 0 Å². The predicted octanol–water partition coefficient (Wildman–Crippen LogP) is 2.04. The summed E-state index contributed by atoms with van der Waals surface area (Å²) in [5, 5.41) is 0. The number of amides is 1. The molecule has 1 aromatic rings. The molecule has 19 heavy (non-hydrogen) atoms. The molecule has 1 saturated carbocycles. The molecule has 0 spiro atoms. The molecule has 0 saturated heterocycles. The van der Waals surface area contributed by atoms with Crippen molar-refractivity contribution in [3.63, 3.8) is 0 Å². The van der Waals surface area contributed by atoms with Crippen LogP contribution in [0.2, 0.25) is 0 Å². The van der Waals surface area contributed by atoms with E-state index in [0.29, 0.717) is 6.54 Å². The lowest BCUT2D eigenvalue weighted by Crippen LogP contribution is -2.39. The molecule has 0 aliphatic heterocycles. The summed E-state index contributed by atoms with van der Waals surface area (Å²) in [6, 6.07) is 6.49. The van der Waals surface area contributed by atoms with Crippen molar-refractivity contribution in [1.82, 2.24) is 4.90 Å². The van der Waals surface area contributed by atoms with Crippen LogP contribution in [0.15, 0.2) is 18.2 Å². The number of nitrogens with two attached hydrogens (primary N) is 1. The number of carbonyl (C=O) groups is 1. The molecule has 1 aliphatic rings. The summed E-state index contributed by atoms with van der Waals surface area (Å²) in [6.45, 7) is 5.48. The number of aryl methyl sites for hydroxylation is 2. The Morgan fingerprint density at radius 1 is 1.37 bits per heavy atom. The Hall–Kier alpha value is -1.35. The van der Waals surface area contributed by atoms with Crippen LogP contribution in [0.25, 0.3) is 0 Å². The predicted molar refractivity (Wildman–Crippen MR) is 78.0 cm³/mol. The van der Waals surface area contributed by atoms with Gasteiger partial charge >= 0.3 is 0 Å². The lowest BCUT2D eigenvalue weighted by Gasteiger charge is -2.23. The molecule has 3 nitrogen and oxygen atoms in total. The molecule has 2 N–H and O–H groups in total. The summed E-state index contributed by atoms with van der Waals surface area (Å²) in [4.78, 5) is 14.1. The molecular formula is C16H24N2O. The number of carbonyl (C=O) groups excluding carboxylic acids is 1. The van der Waals surface area contributed by atoms with Gasteiger partial charge in [0.2, 0.25) is 5.91 Å². The van der Waals surface area contributed by atoms with E-state index >= 15 is 0 Å². The van der Waals surface area contributed by atoms with E-state index in [-0.39, 0.29) is 11.3 Å². The van der Waals surface area contributed by atoms with E-state index in [0.717, 1.165) is 25.8 Å². The number of nitrogens with zero attached hydrogens (tertiary/aromatic N) is 1. The molecule has 1 aliphatic carbocycles. The molecule has 1 amide bonds. The minimum Gasteiger partial charge on any atom is -0.345 e. The molecule has 3 heteroatoms. The van der Waals surface area contributed by atoms with Gasteiger partial charge in [-0.1, -0.05) is 23.8 Å². The van der Waals surface area contributed by atoms with Gasteiger partial charge in [-0.25, -0.2) is 0 Å². The first-order chi connectivity index (χ1) is 8.98. The summed E-state index contributed by atoms with van der Waals surface area (Å²) >= 11 is 0. The first-order valence-corrected chi connectivity index (χ1v) is 7.00. The second kappa shape index (κ2) is 5.33. The van der Waals surface area contributed by atoms with Gasteiger partial charge in [0, 0.05) is 20.1 Å². The number of benzene rings is 1. The van der Waals surface area contributed by atoms with Crippen molar-refractivity contribution in [3.05, 3.63) is 34.9 Å². The molecule has 0 aromatic heterocycles. The van der Waals surface area contributed by atoms with E-state index in [9.17, 15) is 4.79 Å². The summed E-state index contributed by atoms with van der Waals surface area (Å²) in [6.07, 6.45) is 2.82. The second-order valence-corrected chi connectivity index (χ2v) is 5.89. The Morgan fingerprint density at radius 3 is 2.63 bits per heavy atom. The molecular weight excluding hydrogens is 236 g/mol. The van der Waals surface area contributed by atoms with Crippen LogP contribution in [-0.4, -0.2) is 30.9 Å². The summed E-state index contributed by atoms with van der Waals surface area (Å²) in [7, 11) is 1.89. The van der Waals surface area contributed by atoms with Crippen LogP contribution in [0, 0.1) is 19.3 Å². The maximum Gasteiger partial charge on any atom is 0.229 e. The van der Waals surface area contributed by atoms with Crippen molar-refractivity contribution in [2.75, 3.05) is 20.1 Å². The first kappa shape index (κ1) is 14.1. The molecule has 0 atom stereocenters. The number of rotatable bonds is 5. The van der Waals surface area contributed by atoms with Gasteiger partial charge in [0.05, 0.1) is 5.41 Å². The van der Waals surface area contributed by atoms with Crippen LogP contribution in [0.4, 0.5) is 0 Å². The largest absolute Gasteiger partial charge is 0.345 e. The van der Waals surface area contributed by atoms with Crippen LogP contribution in [0.3, 0.4) is 0 Å². The van der Waals surface area contributed by atoms with Gasteiger partial charge in [-0.15, -0.1) is 0 Å². The number of likely N-dealkylation sites (N-methyl/N-ethyl adjacent to an activating group) is 1. The standard InChI is InChI=1S/C16H24N2O/c1-12-4-5-13(2)14(10-12)6-9-18(3)15(19)16(11-17)7-8-16/h4-5,10H,6-9,11,17H2,1-3H3. The number of hydrogen-bond acceptors (Lipinski definition) is 2. The Morgan fingerprint density at radius 2 is 2.05 bits per heavy atom. The number of hydrogen-bond donors (Lipinski definition) is 1. The van der Waals surface area contributed by atoms with E-state index in [1.165, 1.54) is 16.7 Å². The van der Waals surface area contributed by atoms with Crippen molar-refractivity contribution >= 4 is 5.91 Å². The molecule has 0 heterocycles. The zero-order chi connectivity index (χ0) is 14.0. The zero-order valence-electron chi connectivity index (χ0n) is 12.2. The third-order valence-electron chi connectivity index (χ3n) is 4.27. The van der Waals surface area contributed by atoms with Gasteiger partial charge in [0.25, 0.3) is 0 Å². The smallest absolute Gasteiger partial charge is 0.229 e. The lowest BCUT2D eigenvalue weighted by molar-refractivity contribution is -0.135. The average molecular weight is 260 g/mol. The van der Waals surface area contributed by atoms with Gasteiger partial charge in [-0.05, 0) is 44.2 Å². The van der Waals surface area contributed by atoms with Crippen LogP contribution < -0.4 is 5.73 Å². The maximum atomic E-state index is 12.3. The van der Waals surface area contributed by atoms with E-state index < -0.39 is 0 Å². The minimum absolute atomic E-state index is 0.223. The molecule has 2 rings (SSSR count). The SMILES string of the molecule is Cc1ccc(C)c(CCN(C)C(=O)C2(CN)CC2)c1. The van der Waals surface area contributed by atoms with E-state index in [1.54, 1.807) is 0 Å². The summed E-state index contributed by atoms with van der Waals surface area (Å²) in [5.74, 6) is 0.223. The highest BCUT2D eigenvalue weighted by Crippen LogP contribution is 2.45. The zero-order valence-corrected chi connectivity index (χ0v) is 12.2. The average Bonchev–Trinajstić information content (AvgIpc) is 3.19. The lowest BCUT2D eigenvalue weighted by atomic mass is 10.0. The van der Waals surface area contributed by atoms with E-state index in [2.05, 4.69) is 32.0 Å². The van der Waals surface area contributed by atoms with Crippen molar-refractivity contribution in [2.45, 2.75) is 33.1 Å². The topological polar surface area (TPSA) is 46.3 Å². The fourth-order valence-corrected chi connectivity index (χ4v) is 2.52. The van der Waals surface area contributed by atoms with E-state index in [4.69, 9.17) is 5.73 Å². The highest BCUT2D eigenvalue weighted by atomic mass is 16.2. The Kier molecular flexibility index (Phi) is 3.95. The van der Waals surface area contributed by atoms with Gasteiger partial charge in [-0.2, -0.15) is 0 Å². The first-order valence-electron chi connectivity index (χ1n) is 7.00. The normalized spacial score (nSPS) is 16.2. The van der Waals surface area contributed by atoms with Crippen molar-refractivity contribution in [2.24, 2.45) is 11.1 Å². The molecule has 0 radical (unpaired) electrons. The Labute approximate surface area is 115 Å². The third-order valence-corrected chi connectivity index (χ3v) is 4.27. The molecule has 104 valence electrons. The van der Waals surface area contributed by atoms with Gasteiger partial charge in [0.15, 0.2) is 0 Å². The molecule has 1 fully saturated rings. The van der Waals surface area contributed by atoms with E-state index in [1.807, 2.05) is 11.9 Å². The maximum absolute atomic E-state index is 12.3. The monoisotopic (exact) mass is 260 g/mol.